The average Bonchev–Trinajstić information content (AvgIpc) is 2.58. The second kappa shape index (κ2) is 7.09. The fourth-order valence-electron chi connectivity index (χ4n) is 2.45. The molecular formula is C17H19ClN2O2. The van der Waals surface area contributed by atoms with Crippen molar-refractivity contribution in [3.63, 3.8) is 0 Å². The molecule has 0 aliphatic carbocycles. The third-order valence-corrected chi connectivity index (χ3v) is 4.05. The first-order valence-electron chi connectivity index (χ1n) is 7.46. The number of anilines is 1. The van der Waals surface area contributed by atoms with Crippen LogP contribution in [0.5, 0.6) is 0 Å². The van der Waals surface area contributed by atoms with Crippen molar-refractivity contribution in [3.05, 3.63) is 58.9 Å². The van der Waals surface area contributed by atoms with Gasteiger partial charge in [-0.05, 0) is 12.5 Å². The monoisotopic (exact) mass is 318 g/mol. The van der Waals surface area contributed by atoms with Gasteiger partial charge in [0.05, 0.1) is 35.7 Å². The molecular weight excluding hydrogens is 300 g/mol. The van der Waals surface area contributed by atoms with Gasteiger partial charge in [0.2, 0.25) is 0 Å². The summed E-state index contributed by atoms with van der Waals surface area (Å²) in [5.41, 5.74) is 2.81. The van der Waals surface area contributed by atoms with Crippen molar-refractivity contribution in [2.24, 2.45) is 0 Å². The number of pyridine rings is 1. The summed E-state index contributed by atoms with van der Waals surface area (Å²) in [5, 5.41) is 4.05. The van der Waals surface area contributed by atoms with Crippen LogP contribution in [0.1, 0.15) is 24.5 Å². The van der Waals surface area contributed by atoms with E-state index in [9.17, 15) is 0 Å². The lowest BCUT2D eigenvalue weighted by Crippen LogP contribution is -2.37. The van der Waals surface area contributed by atoms with Gasteiger partial charge in [0.25, 0.3) is 0 Å². The van der Waals surface area contributed by atoms with Crippen LogP contribution in [0.4, 0.5) is 5.69 Å². The Hall–Kier alpha value is -1.62. The van der Waals surface area contributed by atoms with Crippen LogP contribution in [0.25, 0.3) is 0 Å². The maximum atomic E-state index is 6.35. The minimum absolute atomic E-state index is 0.0737. The maximum Gasteiger partial charge on any atom is 0.184 e. The molecule has 1 aliphatic heterocycles. The Labute approximate surface area is 135 Å². The van der Waals surface area contributed by atoms with E-state index in [-0.39, 0.29) is 12.3 Å². The van der Waals surface area contributed by atoms with E-state index < -0.39 is 0 Å². The summed E-state index contributed by atoms with van der Waals surface area (Å²) in [7, 11) is 0. The quantitative estimate of drug-likeness (QED) is 0.930. The molecule has 0 unspecified atom stereocenters. The summed E-state index contributed by atoms with van der Waals surface area (Å²) in [5.74, 6) is 0. The molecule has 0 saturated carbocycles. The number of nitrogens with one attached hydrogen (secondary N) is 1. The normalized spacial score (nSPS) is 21.5. The average molecular weight is 319 g/mol. The van der Waals surface area contributed by atoms with Crippen molar-refractivity contribution in [1.29, 1.82) is 0 Å². The minimum Gasteiger partial charge on any atom is -0.376 e. The summed E-state index contributed by atoms with van der Waals surface area (Å²) < 4.78 is 11.6. The Morgan fingerprint density at radius 2 is 1.91 bits per heavy atom. The fraction of sp³-hybridized carbons (Fsp3) is 0.353. The van der Waals surface area contributed by atoms with Gasteiger partial charge in [-0.2, -0.15) is 0 Å². The van der Waals surface area contributed by atoms with Crippen LogP contribution in [0.2, 0.25) is 5.02 Å². The van der Waals surface area contributed by atoms with Crippen molar-refractivity contribution in [1.82, 2.24) is 4.98 Å². The number of benzene rings is 1. The molecule has 0 atom stereocenters. The molecule has 1 fully saturated rings. The second-order valence-corrected chi connectivity index (χ2v) is 5.60. The van der Waals surface area contributed by atoms with E-state index in [1.54, 1.807) is 6.20 Å². The molecule has 0 radical (unpaired) electrons. The van der Waals surface area contributed by atoms with E-state index in [0.717, 1.165) is 23.4 Å². The molecule has 2 heterocycles. The number of aromatic nitrogens is 1. The van der Waals surface area contributed by atoms with Gasteiger partial charge in [-0.1, -0.05) is 48.9 Å². The SMILES string of the molecule is CCc1nccc(NC2COC(c3ccccc3)OC2)c1Cl. The molecule has 0 amide bonds. The lowest BCUT2D eigenvalue weighted by atomic mass is 10.2. The second-order valence-electron chi connectivity index (χ2n) is 5.22. The summed E-state index contributed by atoms with van der Waals surface area (Å²) in [6.45, 7) is 3.18. The van der Waals surface area contributed by atoms with E-state index in [4.69, 9.17) is 21.1 Å². The first kappa shape index (κ1) is 15.3. The number of hydrogen-bond donors (Lipinski definition) is 1. The predicted molar refractivity (Wildman–Crippen MR) is 87.1 cm³/mol. The Morgan fingerprint density at radius 1 is 1.18 bits per heavy atom. The number of nitrogens with zero attached hydrogens (tertiary/aromatic N) is 1. The van der Waals surface area contributed by atoms with Crippen molar-refractivity contribution in [2.75, 3.05) is 18.5 Å². The minimum atomic E-state index is -0.293. The first-order valence-corrected chi connectivity index (χ1v) is 7.83. The first-order chi connectivity index (χ1) is 10.8. The third-order valence-electron chi connectivity index (χ3n) is 3.63. The molecule has 4 nitrogen and oxygen atoms in total. The van der Waals surface area contributed by atoms with Crippen LogP contribution in [-0.2, 0) is 15.9 Å². The highest BCUT2D eigenvalue weighted by molar-refractivity contribution is 6.33. The number of halogens is 1. The van der Waals surface area contributed by atoms with Gasteiger partial charge >= 0.3 is 0 Å². The molecule has 22 heavy (non-hydrogen) atoms. The van der Waals surface area contributed by atoms with Crippen molar-refractivity contribution < 1.29 is 9.47 Å². The smallest absolute Gasteiger partial charge is 0.184 e. The molecule has 1 aliphatic rings. The van der Waals surface area contributed by atoms with Gasteiger partial charge in [0, 0.05) is 11.8 Å². The topological polar surface area (TPSA) is 43.4 Å². The zero-order valence-electron chi connectivity index (χ0n) is 12.5. The van der Waals surface area contributed by atoms with Crippen molar-refractivity contribution in [3.8, 4) is 0 Å². The molecule has 116 valence electrons. The van der Waals surface area contributed by atoms with E-state index in [1.807, 2.05) is 43.3 Å². The summed E-state index contributed by atoms with van der Waals surface area (Å²) in [4.78, 5) is 4.27. The van der Waals surface area contributed by atoms with Crippen LogP contribution in [0.3, 0.4) is 0 Å². The molecule has 2 aromatic rings. The fourth-order valence-corrected chi connectivity index (χ4v) is 2.75. The van der Waals surface area contributed by atoms with Gasteiger partial charge in [0.1, 0.15) is 0 Å². The Kier molecular flexibility index (Phi) is 4.93. The van der Waals surface area contributed by atoms with E-state index >= 15 is 0 Å². The van der Waals surface area contributed by atoms with Crippen LogP contribution < -0.4 is 5.32 Å². The summed E-state index contributed by atoms with van der Waals surface area (Å²) in [6.07, 6.45) is 2.28. The number of hydrogen-bond acceptors (Lipinski definition) is 4. The molecule has 5 heteroatoms. The highest BCUT2D eigenvalue weighted by Crippen LogP contribution is 2.28. The molecule has 1 aromatic heterocycles. The largest absolute Gasteiger partial charge is 0.376 e. The van der Waals surface area contributed by atoms with Crippen LogP contribution >= 0.6 is 11.6 Å². The molecule has 1 saturated heterocycles. The molecule has 3 rings (SSSR count). The number of aryl methyl sites for hydroxylation is 1. The van der Waals surface area contributed by atoms with Gasteiger partial charge < -0.3 is 14.8 Å². The Morgan fingerprint density at radius 3 is 2.59 bits per heavy atom. The van der Waals surface area contributed by atoms with Gasteiger partial charge in [-0.15, -0.1) is 0 Å². The number of ether oxygens (including phenoxy) is 2. The van der Waals surface area contributed by atoms with Crippen LogP contribution in [0.15, 0.2) is 42.6 Å². The van der Waals surface area contributed by atoms with Gasteiger partial charge in [0.15, 0.2) is 6.29 Å². The Bertz CT molecular complexity index is 613. The lowest BCUT2D eigenvalue weighted by Gasteiger charge is -2.31. The molecule has 0 bridgehead atoms. The summed E-state index contributed by atoms with van der Waals surface area (Å²) >= 11 is 6.35. The van der Waals surface area contributed by atoms with Gasteiger partial charge in [-0.25, -0.2) is 0 Å². The van der Waals surface area contributed by atoms with E-state index in [0.29, 0.717) is 18.2 Å². The van der Waals surface area contributed by atoms with Crippen LogP contribution in [0, 0.1) is 0 Å². The highest BCUT2D eigenvalue weighted by Gasteiger charge is 2.24. The van der Waals surface area contributed by atoms with Crippen LogP contribution in [-0.4, -0.2) is 24.2 Å². The van der Waals surface area contributed by atoms with Crippen molar-refractivity contribution >= 4 is 17.3 Å². The Balaban J connectivity index is 1.61. The van der Waals surface area contributed by atoms with E-state index in [1.165, 1.54) is 0 Å². The molecule has 1 N–H and O–H groups in total. The molecule has 0 spiro atoms. The summed E-state index contributed by atoms with van der Waals surface area (Å²) in [6, 6.07) is 11.9. The van der Waals surface area contributed by atoms with Crippen molar-refractivity contribution in [2.45, 2.75) is 25.7 Å². The predicted octanol–water partition coefficient (Wildman–Crippen LogP) is 3.82. The lowest BCUT2D eigenvalue weighted by molar-refractivity contribution is -0.187. The van der Waals surface area contributed by atoms with Gasteiger partial charge in [-0.3, -0.25) is 4.98 Å². The zero-order valence-corrected chi connectivity index (χ0v) is 13.2. The zero-order chi connectivity index (χ0) is 15.4. The van der Waals surface area contributed by atoms with E-state index in [2.05, 4.69) is 10.3 Å². The maximum absolute atomic E-state index is 6.35. The standard InChI is InChI=1S/C17H19ClN2O2/c1-2-14-16(18)15(8-9-19-14)20-13-10-21-17(22-11-13)12-6-4-3-5-7-12/h3-9,13,17H,2,10-11H2,1H3,(H,19,20). The third kappa shape index (κ3) is 3.40. The molecule has 1 aromatic carbocycles. The highest BCUT2D eigenvalue weighted by atomic mass is 35.5. The number of rotatable bonds is 4.